The van der Waals surface area contributed by atoms with Crippen molar-refractivity contribution in [3.8, 4) is 0 Å². The van der Waals surface area contributed by atoms with Crippen LogP contribution in [-0.2, 0) is 38.3 Å². The smallest absolute Gasteiger partial charge is 0.397 e. The van der Waals surface area contributed by atoms with Crippen molar-refractivity contribution in [1.82, 2.24) is 0 Å². The van der Waals surface area contributed by atoms with E-state index in [-0.39, 0.29) is 19.6 Å². The van der Waals surface area contributed by atoms with Gasteiger partial charge in [-0.15, -0.1) is 0 Å². The van der Waals surface area contributed by atoms with E-state index in [1.54, 1.807) is 0 Å². The Labute approximate surface area is 420 Å². The first-order valence-electron chi connectivity index (χ1n) is 27.2. The van der Waals surface area contributed by atoms with E-state index in [9.17, 15) is 33.1 Å². The van der Waals surface area contributed by atoms with Gasteiger partial charge in [0, 0.05) is 13.0 Å². The number of aliphatic hydroxyl groups excluding tert-OH is 3. The minimum absolute atomic E-state index is 0.0212. The van der Waals surface area contributed by atoms with E-state index in [0.29, 0.717) is 13.0 Å². The lowest BCUT2D eigenvalue weighted by Crippen LogP contribution is -2.60. The molecule has 0 bridgehead atoms. The monoisotopic (exact) mass is 995 g/mol. The fourth-order valence-corrected chi connectivity index (χ4v) is 8.54. The van der Waals surface area contributed by atoms with E-state index in [4.69, 9.17) is 18.9 Å². The average molecular weight is 995 g/mol. The fraction of sp³-hybridized carbons (Fsp3) is 0.768. The summed E-state index contributed by atoms with van der Waals surface area (Å²) >= 11 is 0. The van der Waals surface area contributed by atoms with Gasteiger partial charge in [0.25, 0.3) is 0 Å². The van der Waals surface area contributed by atoms with E-state index in [0.717, 1.165) is 96.3 Å². The van der Waals surface area contributed by atoms with E-state index >= 15 is 0 Å². The third-order valence-corrected chi connectivity index (χ3v) is 12.6. The van der Waals surface area contributed by atoms with Crippen LogP contribution < -0.4 is 0 Å². The summed E-state index contributed by atoms with van der Waals surface area (Å²) in [4.78, 5) is 12.9. The van der Waals surface area contributed by atoms with Gasteiger partial charge >= 0.3 is 16.4 Å². The lowest BCUT2D eigenvalue weighted by molar-refractivity contribution is -0.301. The standard InChI is InChI=1S/C56H98O12S/c1-3-5-7-9-11-13-15-17-19-21-23-24-25-26-27-28-30-32-34-36-38-40-42-44-46-64-48-50(49-65-56-54(60)55(68-69(61,62)63)53(59)51(47-57)67-56)66-52(58)45-43-41-39-37-35-33-31-29-22-20-18-16-14-12-10-8-6-4-2/h5,7,11,13,17,19,23-24,26-27,30,32,50-51,53-57,59-60H,3-4,6,8-10,12,14-16,18,20-22,25,28-29,31,33-49H2,1-2H3,(H,61,62,63)/b7-5-,13-11-,19-17-,24-23-,27-26-,32-30-. The maximum Gasteiger partial charge on any atom is 0.397 e. The van der Waals surface area contributed by atoms with Gasteiger partial charge in [0.2, 0.25) is 0 Å². The molecule has 0 aromatic heterocycles. The van der Waals surface area contributed by atoms with Crippen LogP contribution in [0, 0.1) is 0 Å². The van der Waals surface area contributed by atoms with Crippen molar-refractivity contribution in [2.24, 2.45) is 0 Å². The maximum atomic E-state index is 12.9. The highest BCUT2D eigenvalue weighted by atomic mass is 32.3. The molecule has 6 unspecified atom stereocenters. The second-order valence-electron chi connectivity index (χ2n) is 18.4. The van der Waals surface area contributed by atoms with Gasteiger partial charge in [-0.1, -0.05) is 215 Å². The third kappa shape index (κ3) is 39.8. The van der Waals surface area contributed by atoms with Gasteiger partial charge in [-0.3, -0.25) is 9.35 Å². The van der Waals surface area contributed by atoms with Gasteiger partial charge in [0.15, 0.2) is 6.29 Å². The fourth-order valence-electron chi connectivity index (χ4n) is 8.03. The Hall–Kier alpha value is -2.46. The summed E-state index contributed by atoms with van der Waals surface area (Å²) in [5.74, 6) is -0.406. The first-order chi connectivity index (χ1) is 33.6. The molecule has 0 radical (unpaired) electrons. The van der Waals surface area contributed by atoms with E-state index in [2.05, 4.69) is 90.9 Å². The molecule has 69 heavy (non-hydrogen) atoms. The molecule has 0 spiro atoms. The van der Waals surface area contributed by atoms with E-state index in [1.165, 1.54) is 89.9 Å². The second kappa shape index (κ2) is 46.6. The van der Waals surface area contributed by atoms with Gasteiger partial charge in [0.1, 0.15) is 30.5 Å². The number of hydrogen-bond donors (Lipinski definition) is 4. The zero-order valence-corrected chi connectivity index (χ0v) is 43.9. The van der Waals surface area contributed by atoms with Crippen LogP contribution >= 0.6 is 0 Å². The number of carbonyl (C=O) groups is 1. The normalized spacial score (nSPS) is 19.8. The molecule has 0 aromatic carbocycles. The number of esters is 1. The zero-order chi connectivity index (χ0) is 50.3. The van der Waals surface area contributed by atoms with Crippen molar-refractivity contribution < 1.29 is 56.2 Å². The Kier molecular flexibility index (Phi) is 43.6. The Morgan fingerprint density at radius 2 is 1.00 bits per heavy atom. The van der Waals surface area contributed by atoms with Gasteiger partial charge in [-0.2, -0.15) is 8.42 Å². The molecule has 6 atom stereocenters. The molecule has 0 amide bonds. The van der Waals surface area contributed by atoms with Crippen LogP contribution in [0.1, 0.15) is 213 Å². The molecule has 1 saturated heterocycles. The van der Waals surface area contributed by atoms with Crippen LogP contribution in [0.4, 0.5) is 0 Å². The minimum atomic E-state index is -5.07. The summed E-state index contributed by atoms with van der Waals surface area (Å²) in [7, 11) is -5.07. The molecule has 1 rings (SSSR count). The number of ether oxygens (including phenoxy) is 4. The summed E-state index contributed by atoms with van der Waals surface area (Å²) < 4.78 is 59.3. The number of aliphatic hydroxyl groups is 3. The van der Waals surface area contributed by atoms with Crippen LogP contribution in [0.2, 0.25) is 0 Å². The first kappa shape index (κ1) is 64.6. The Balaban J connectivity index is 2.35. The molecule has 1 aliphatic heterocycles. The molecule has 1 heterocycles. The highest BCUT2D eigenvalue weighted by molar-refractivity contribution is 7.80. The Bertz CT molecular complexity index is 1470. The topological polar surface area (TPSA) is 178 Å². The Morgan fingerprint density at radius 1 is 0.565 bits per heavy atom. The van der Waals surface area contributed by atoms with Crippen molar-refractivity contribution in [2.75, 3.05) is 26.4 Å². The van der Waals surface area contributed by atoms with Crippen molar-refractivity contribution in [3.05, 3.63) is 72.9 Å². The van der Waals surface area contributed by atoms with Crippen LogP contribution in [0.5, 0.6) is 0 Å². The number of allylic oxidation sites excluding steroid dienone is 12. The van der Waals surface area contributed by atoms with Crippen LogP contribution in [-0.4, -0.2) is 97.5 Å². The van der Waals surface area contributed by atoms with Gasteiger partial charge in [0.05, 0.1) is 19.8 Å². The van der Waals surface area contributed by atoms with Crippen molar-refractivity contribution in [3.63, 3.8) is 0 Å². The largest absolute Gasteiger partial charge is 0.457 e. The molecular formula is C56H98O12S. The molecule has 1 aliphatic rings. The highest BCUT2D eigenvalue weighted by Crippen LogP contribution is 2.26. The van der Waals surface area contributed by atoms with Gasteiger partial charge < -0.3 is 34.3 Å². The SMILES string of the molecule is CC/C=C\C/C=C\C/C=C\C/C=C\C/C=C\C/C=C\CCCCCCCOCC(COC1OC(CO)C(O)C(OS(=O)(=O)O)C1O)OC(=O)CCCCCCCCCCCCCCCCCCCC. The van der Waals surface area contributed by atoms with Crippen LogP contribution in [0.25, 0.3) is 0 Å². The molecule has 400 valence electrons. The lowest BCUT2D eigenvalue weighted by Gasteiger charge is -2.41. The summed E-state index contributed by atoms with van der Waals surface area (Å²) in [6, 6.07) is 0. The van der Waals surface area contributed by atoms with Crippen LogP contribution in [0.15, 0.2) is 72.9 Å². The maximum absolute atomic E-state index is 12.9. The summed E-state index contributed by atoms with van der Waals surface area (Å²) in [5.41, 5.74) is 0. The quantitative estimate of drug-likeness (QED) is 0.0197. The molecule has 0 saturated carbocycles. The second-order valence-corrected chi connectivity index (χ2v) is 19.5. The van der Waals surface area contributed by atoms with E-state index in [1.807, 2.05) is 0 Å². The molecule has 12 nitrogen and oxygen atoms in total. The number of carbonyl (C=O) groups excluding carboxylic acids is 1. The van der Waals surface area contributed by atoms with Gasteiger partial charge in [-0.25, -0.2) is 4.18 Å². The van der Waals surface area contributed by atoms with E-state index < -0.39 is 59.8 Å². The summed E-state index contributed by atoms with van der Waals surface area (Å²) in [6.45, 7) is 3.85. The lowest BCUT2D eigenvalue weighted by atomic mass is 9.99. The number of hydrogen-bond acceptors (Lipinski definition) is 11. The highest BCUT2D eigenvalue weighted by Gasteiger charge is 2.48. The molecular weight excluding hydrogens is 897 g/mol. The Morgan fingerprint density at radius 3 is 1.46 bits per heavy atom. The van der Waals surface area contributed by atoms with Crippen molar-refractivity contribution >= 4 is 16.4 Å². The molecule has 1 fully saturated rings. The predicted octanol–water partition coefficient (Wildman–Crippen LogP) is 13.0. The van der Waals surface area contributed by atoms with Crippen molar-refractivity contribution in [2.45, 2.75) is 250 Å². The van der Waals surface area contributed by atoms with Gasteiger partial charge in [-0.05, 0) is 64.2 Å². The third-order valence-electron chi connectivity index (χ3n) is 12.1. The molecule has 13 heteroatoms. The predicted molar refractivity (Wildman–Crippen MR) is 280 cm³/mol. The molecule has 0 aromatic rings. The molecule has 0 aliphatic carbocycles. The van der Waals surface area contributed by atoms with Crippen molar-refractivity contribution in [1.29, 1.82) is 0 Å². The number of rotatable bonds is 47. The first-order valence-corrected chi connectivity index (χ1v) is 28.6. The average Bonchev–Trinajstić information content (AvgIpc) is 3.32. The minimum Gasteiger partial charge on any atom is -0.457 e. The summed E-state index contributed by atoms with van der Waals surface area (Å²) in [6.07, 6.45) is 52.2. The zero-order valence-electron chi connectivity index (χ0n) is 43.1. The van der Waals surface area contributed by atoms with Crippen LogP contribution in [0.3, 0.4) is 0 Å². The number of unbranched alkanes of at least 4 members (excludes halogenated alkanes) is 22. The molecule has 4 N–H and O–H groups in total. The summed E-state index contributed by atoms with van der Waals surface area (Å²) in [5, 5.41) is 30.8.